The standard InChI is InChI=1S/C14H12Cl2S/c1-9-5-3-7-11(13(9)15)17-12-8-4-6-10(2)14(12)16/h3-8H,1-2H3. The first kappa shape index (κ1) is 12.8. The van der Waals surface area contributed by atoms with Crippen LogP contribution >= 0.6 is 35.0 Å². The molecule has 88 valence electrons. The zero-order valence-electron chi connectivity index (χ0n) is 9.63. The summed E-state index contributed by atoms with van der Waals surface area (Å²) in [7, 11) is 0. The Bertz CT molecular complexity index is 500. The summed E-state index contributed by atoms with van der Waals surface area (Å²) in [6.45, 7) is 4.01. The van der Waals surface area contributed by atoms with E-state index in [1.165, 1.54) is 0 Å². The van der Waals surface area contributed by atoms with Crippen molar-refractivity contribution in [3.63, 3.8) is 0 Å². The van der Waals surface area contributed by atoms with Crippen molar-refractivity contribution in [2.24, 2.45) is 0 Å². The first-order valence-electron chi connectivity index (χ1n) is 5.27. The van der Waals surface area contributed by atoms with Crippen LogP contribution in [0.25, 0.3) is 0 Å². The van der Waals surface area contributed by atoms with E-state index in [0.29, 0.717) is 0 Å². The Morgan fingerprint density at radius 1 is 0.765 bits per heavy atom. The third-order valence-electron chi connectivity index (χ3n) is 2.53. The number of aryl methyl sites for hydroxylation is 2. The molecule has 0 amide bonds. The number of halogens is 2. The van der Waals surface area contributed by atoms with Gasteiger partial charge < -0.3 is 0 Å². The van der Waals surface area contributed by atoms with Gasteiger partial charge in [0.2, 0.25) is 0 Å². The Balaban J connectivity index is 2.38. The second-order valence-corrected chi connectivity index (χ2v) is 5.72. The number of hydrogen-bond acceptors (Lipinski definition) is 1. The van der Waals surface area contributed by atoms with Gasteiger partial charge in [-0.1, -0.05) is 59.2 Å². The fraction of sp³-hybridized carbons (Fsp3) is 0.143. The van der Waals surface area contributed by atoms with Crippen molar-refractivity contribution in [3.05, 3.63) is 57.6 Å². The van der Waals surface area contributed by atoms with E-state index in [0.717, 1.165) is 31.0 Å². The summed E-state index contributed by atoms with van der Waals surface area (Å²) in [4.78, 5) is 2.08. The number of benzene rings is 2. The van der Waals surface area contributed by atoms with Crippen molar-refractivity contribution in [1.82, 2.24) is 0 Å². The van der Waals surface area contributed by atoms with Crippen LogP contribution in [0, 0.1) is 13.8 Å². The van der Waals surface area contributed by atoms with Crippen LogP contribution in [-0.4, -0.2) is 0 Å². The van der Waals surface area contributed by atoms with Crippen molar-refractivity contribution in [2.45, 2.75) is 23.6 Å². The Hall–Kier alpha value is -0.630. The lowest BCUT2D eigenvalue weighted by molar-refractivity contribution is 1.32. The molecular weight excluding hydrogens is 271 g/mol. The highest BCUT2D eigenvalue weighted by atomic mass is 35.5. The molecule has 0 bridgehead atoms. The van der Waals surface area contributed by atoms with E-state index in [-0.39, 0.29) is 0 Å². The molecule has 0 unspecified atom stereocenters. The van der Waals surface area contributed by atoms with Crippen LogP contribution in [0.3, 0.4) is 0 Å². The van der Waals surface area contributed by atoms with Gasteiger partial charge in [-0.15, -0.1) is 0 Å². The minimum Gasteiger partial charge on any atom is -0.0869 e. The molecule has 0 aliphatic carbocycles. The van der Waals surface area contributed by atoms with Gasteiger partial charge in [-0.05, 0) is 37.1 Å². The van der Waals surface area contributed by atoms with Crippen molar-refractivity contribution in [2.75, 3.05) is 0 Å². The second-order valence-electron chi connectivity index (χ2n) is 3.88. The van der Waals surface area contributed by atoms with Crippen molar-refractivity contribution >= 4 is 35.0 Å². The molecule has 2 rings (SSSR count). The van der Waals surface area contributed by atoms with E-state index in [4.69, 9.17) is 23.2 Å². The zero-order valence-corrected chi connectivity index (χ0v) is 12.0. The highest BCUT2D eigenvalue weighted by Crippen LogP contribution is 2.38. The predicted octanol–water partition coefficient (Wildman–Crippen LogP) is 5.76. The topological polar surface area (TPSA) is 0 Å². The molecule has 0 fully saturated rings. The first-order valence-corrected chi connectivity index (χ1v) is 6.85. The molecule has 0 aliphatic rings. The molecular formula is C14H12Cl2S. The molecule has 0 N–H and O–H groups in total. The van der Waals surface area contributed by atoms with Gasteiger partial charge in [0, 0.05) is 9.79 Å². The van der Waals surface area contributed by atoms with Crippen LogP contribution in [0.4, 0.5) is 0 Å². The quantitative estimate of drug-likeness (QED) is 0.675. The molecule has 0 aliphatic heterocycles. The van der Waals surface area contributed by atoms with Gasteiger partial charge in [0.15, 0.2) is 0 Å². The smallest absolute Gasteiger partial charge is 0.0574 e. The highest BCUT2D eigenvalue weighted by Gasteiger charge is 2.08. The Kier molecular flexibility index (Phi) is 4.03. The molecule has 0 saturated carbocycles. The summed E-state index contributed by atoms with van der Waals surface area (Å²) in [5.74, 6) is 0. The highest BCUT2D eigenvalue weighted by molar-refractivity contribution is 7.99. The molecule has 17 heavy (non-hydrogen) atoms. The van der Waals surface area contributed by atoms with E-state index in [2.05, 4.69) is 0 Å². The average Bonchev–Trinajstić information content (AvgIpc) is 2.31. The monoisotopic (exact) mass is 282 g/mol. The summed E-state index contributed by atoms with van der Waals surface area (Å²) in [6.07, 6.45) is 0. The van der Waals surface area contributed by atoms with Crippen LogP contribution in [0.15, 0.2) is 46.2 Å². The maximum atomic E-state index is 6.27. The summed E-state index contributed by atoms with van der Waals surface area (Å²) in [6, 6.07) is 12.0. The second kappa shape index (κ2) is 5.34. The van der Waals surface area contributed by atoms with Gasteiger partial charge in [0.05, 0.1) is 10.0 Å². The molecule has 2 aromatic carbocycles. The average molecular weight is 283 g/mol. The van der Waals surface area contributed by atoms with Gasteiger partial charge in [0.1, 0.15) is 0 Å². The number of rotatable bonds is 2. The molecule has 0 saturated heterocycles. The van der Waals surface area contributed by atoms with Crippen LogP contribution in [0.5, 0.6) is 0 Å². The minimum absolute atomic E-state index is 0.801. The molecule has 0 atom stereocenters. The SMILES string of the molecule is Cc1cccc(Sc2cccc(C)c2Cl)c1Cl. The predicted molar refractivity (Wildman–Crippen MR) is 76.5 cm³/mol. The molecule has 0 radical (unpaired) electrons. The molecule has 0 aromatic heterocycles. The first-order chi connectivity index (χ1) is 8.09. The van der Waals surface area contributed by atoms with Gasteiger partial charge >= 0.3 is 0 Å². The van der Waals surface area contributed by atoms with Crippen LogP contribution in [0.2, 0.25) is 10.0 Å². The lowest BCUT2D eigenvalue weighted by Crippen LogP contribution is -1.82. The van der Waals surface area contributed by atoms with Crippen molar-refractivity contribution in [3.8, 4) is 0 Å². The van der Waals surface area contributed by atoms with Crippen molar-refractivity contribution < 1.29 is 0 Å². The Labute approximate surface area is 116 Å². The third kappa shape index (κ3) is 2.79. The van der Waals surface area contributed by atoms with Crippen LogP contribution in [-0.2, 0) is 0 Å². The summed E-state index contributed by atoms with van der Waals surface area (Å²) in [5.41, 5.74) is 2.17. The Morgan fingerprint density at radius 3 is 1.59 bits per heavy atom. The fourth-order valence-corrected chi connectivity index (χ4v) is 3.03. The van der Waals surface area contributed by atoms with Gasteiger partial charge in [-0.3, -0.25) is 0 Å². The zero-order chi connectivity index (χ0) is 12.4. The lowest BCUT2D eigenvalue weighted by atomic mass is 10.2. The van der Waals surface area contributed by atoms with Crippen LogP contribution in [0.1, 0.15) is 11.1 Å². The third-order valence-corrected chi connectivity index (χ3v) is 4.88. The molecule has 0 heterocycles. The maximum Gasteiger partial charge on any atom is 0.0574 e. The normalized spacial score (nSPS) is 10.6. The largest absolute Gasteiger partial charge is 0.0869 e. The van der Waals surface area contributed by atoms with E-state index in [1.807, 2.05) is 50.2 Å². The van der Waals surface area contributed by atoms with Gasteiger partial charge in [-0.25, -0.2) is 0 Å². The summed E-state index contributed by atoms with van der Waals surface area (Å²) < 4.78 is 0. The fourth-order valence-electron chi connectivity index (χ4n) is 1.52. The molecule has 3 heteroatoms. The van der Waals surface area contributed by atoms with E-state index >= 15 is 0 Å². The summed E-state index contributed by atoms with van der Waals surface area (Å²) in [5, 5.41) is 1.60. The lowest BCUT2D eigenvalue weighted by Gasteiger charge is -2.09. The summed E-state index contributed by atoms with van der Waals surface area (Å²) >= 11 is 14.1. The van der Waals surface area contributed by atoms with Gasteiger partial charge in [0.25, 0.3) is 0 Å². The van der Waals surface area contributed by atoms with Gasteiger partial charge in [-0.2, -0.15) is 0 Å². The molecule has 2 aromatic rings. The minimum atomic E-state index is 0.801. The van der Waals surface area contributed by atoms with E-state index in [1.54, 1.807) is 11.8 Å². The van der Waals surface area contributed by atoms with E-state index < -0.39 is 0 Å². The van der Waals surface area contributed by atoms with E-state index in [9.17, 15) is 0 Å². The maximum absolute atomic E-state index is 6.27. The molecule has 0 nitrogen and oxygen atoms in total. The Morgan fingerprint density at radius 2 is 1.18 bits per heavy atom. The van der Waals surface area contributed by atoms with Crippen molar-refractivity contribution in [1.29, 1.82) is 0 Å². The molecule has 0 spiro atoms. The van der Waals surface area contributed by atoms with Crippen LogP contribution < -0.4 is 0 Å². The number of hydrogen-bond donors (Lipinski definition) is 0.